The number of urea groups is 1. The van der Waals surface area contributed by atoms with Crippen LogP contribution < -0.4 is 15.5 Å². The molecule has 2 aliphatic rings. The molecule has 2 aromatic heterocycles. The van der Waals surface area contributed by atoms with Crippen LogP contribution in [-0.4, -0.2) is 126 Å². The van der Waals surface area contributed by atoms with Crippen molar-refractivity contribution in [3.63, 3.8) is 0 Å². The van der Waals surface area contributed by atoms with Gasteiger partial charge in [-0.2, -0.15) is 4.68 Å². The lowest BCUT2D eigenvalue weighted by atomic mass is 10.0. The first kappa shape index (κ1) is 36.0. The van der Waals surface area contributed by atoms with Crippen LogP contribution in [0.3, 0.4) is 0 Å². The van der Waals surface area contributed by atoms with Crippen molar-refractivity contribution in [2.75, 3.05) is 54.9 Å². The number of carboxylic acids is 1. The monoisotopic (exact) mass is 756 g/mol. The van der Waals surface area contributed by atoms with Crippen LogP contribution in [0.1, 0.15) is 16.1 Å². The molecule has 2 saturated heterocycles. The number of aliphatic hydroxyl groups is 1. The van der Waals surface area contributed by atoms with Gasteiger partial charge in [0, 0.05) is 53.4 Å². The summed E-state index contributed by atoms with van der Waals surface area (Å²) in [4.78, 5) is 73.0. The van der Waals surface area contributed by atoms with Gasteiger partial charge in [-0.1, -0.05) is 23.7 Å². The van der Waals surface area contributed by atoms with Crippen LogP contribution in [-0.2, 0) is 25.5 Å². The number of aromatic carboxylic acids is 1. The number of amides is 5. The molecule has 4 heterocycles. The fourth-order valence-corrected chi connectivity index (χ4v) is 6.58. The Balaban J connectivity index is 1.13. The number of aliphatic hydroxyl groups excluding tert-OH is 1. The maximum absolute atomic E-state index is 14.1. The third kappa shape index (κ3) is 7.56. The van der Waals surface area contributed by atoms with E-state index in [9.17, 15) is 34.2 Å². The number of carbonyl (C=O) groups excluding carboxylic acids is 4. The topological polar surface area (TPSA) is 228 Å². The van der Waals surface area contributed by atoms with E-state index in [-0.39, 0.29) is 44.4 Å². The number of morpholine rings is 1. The van der Waals surface area contributed by atoms with Gasteiger partial charge in [0.1, 0.15) is 18.1 Å². The molecule has 5 amide bonds. The minimum absolute atomic E-state index is 0.00330. The number of tetrazole rings is 1. The van der Waals surface area contributed by atoms with Crippen molar-refractivity contribution in [3.05, 3.63) is 89.3 Å². The van der Waals surface area contributed by atoms with Gasteiger partial charge in [-0.25, -0.2) is 9.59 Å². The second-order valence-electron chi connectivity index (χ2n) is 12.6. The maximum Gasteiger partial charge on any atom is 0.352 e. The van der Waals surface area contributed by atoms with Crippen LogP contribution in [0, 0.1) is 0 Å². The van der Waals surface area contributed by atoms with Crippen molar-refractivity contribution >= 4 is 69.3 Å². The van der Waals surface area contributed by atoms with Crippen molar-refractivity contribution in [3.8, 4) is 5.69 Å². The molecule has 3 aromatic carbocycles. The highest BCUT2D eigenvalue weighted by Gasteiger charge is 2.41. The molecule has 0 spiro atoms. The Kier molecular flexibility index (Phi) is 10.2. The molecule has 2 atom stereocenters. The average Bonchev–Trinajstić information content (AvgIpc) is 3.87. The summed E-state index contributed by atoms with van der Waals surface area (Å²) in [6, 6.07) is 16.2. The van der Waals surface area contributed by atoms with E-state index in [1.165, 1.54) is 32.9 Å². The fraction of sp³-hybridized carbons (Fsp3) is 0.257. The van der Waals surface area contributed by atoms with Crippen LogP contribution in [0.4, 0.5) is 21.9 Å². The molecule has 18 nitrogen and oxygen atoms in total. The summed E-state index contributed by atoms with van der Waals surface area (Å²) in [6.07, 6.45) is 0.884. The van der Waals surface area contributed by atoms with E-state index in [4.69, 9.17) is 16.3 Å². The molecular weight excluding hydrogens is 724 g/mol. The van der Waals surface area contributed by atoms with Gasteiger partial charge in [0.25, 0.3) is 0 Å². The van der Waals surface area contributed by atoms with Gasteiger partial charge in [0.2, 0.25) is 5.91 Å². The first-order valence-corrected chi connectivity index (χ1v) is 17.2. The summed E-state index contributed by atoms with van der Waals surface area (Å²) >= 11 is 6.30. The summed E-state index contributed by atoms with van der Waals surface area (Å²) in [6.45, 7) is 0.701. The lowest BCUT2D eigenvalue weighted by Gasteiger charge is -2.38. The number of hydrogen-bond donors (Lipinski definition) is 5. The van der Waals surface area contributed by atoms with Crippen molar-refractivity contribution in [2.24, 2.45) is 0 Å². The van der Waals surface area contributed by atoms with Gasteiger partial charge in [-0.3, -0.25) is 14.4 Å². The number of nitrogens with one attached hydrogen (secondary N) is 3. The molecule has 2 fully saturated rings. The molecule has 0 saturated carbocycles. The number of benzene rings is 3. The molecule has 5 aromatic rings. The number of nitrogens with zero attached hydrogens (tertiary/aromatic N) is 7. The first-order chi connectivity index (χ1) is 26.1. The summed E-state index contributed by atoms with van der Waals surface area (Å²) < 4.78 is 6.76. The molecule has 5 N–H and O–H groups in total. The van der Waals surface area contributed by atoms with Gasteiger partial charge in [0.15, 0.2) is 0 Å². The van der Waals surface area contributed by atoms with Crippen LogP contribution in [0.25, 0.3) is 16.6 Å². The van der Waals surface area contributed by atoms with Crippen molar-refractivity contribution < 1.29 is 38.9 Å². The average molecular weight is 757 g/mol. The largest absolute Gasteiger partial charge is 0.477 e. The minimum Gasteiger partial charge on any atom is -0.477 e. The number of ether oxygens (including phenoxy) is 1. The van der Waals surface area contributed by atoms with Gasteiger partial charge in [0.05, 0.1) is 37.2 Å². The highest BCUT2D eigenvalue weighted by molar-refractivity contribution is 6.41. The molecule has 54 heavy (non-hydrogen) atoms. The Bertz CT molecular complexity index is 2230. The van der Waals surface area contributed by atoms with Gasteiger partial charge < -0.3 is 45.3 Å². The van der Waals surface area contributed by atoms with Crippen LogP contribution in [0.15, 0.2) is 73.1 Å². The number of carbonyl (C=O) groups is 5. The number of anilines is 3. The number of H-pyrrole nitrogens is 1. The third-order valence-corrected chi connectivity index (χ3v) is 9.37. The Morgan fingerprint density at radius 2 is 1.74 bits per heavy atom. The van der Waals surface area contributed by atoms with E-state index >= 15 is 0 Å². The first-order valence-electron chi connectivity index (χ1n) is 16.8. The van der Waals surface area contributed by atoms with E-state index < -0.39 is 35.8 Å². The summed E-state index contributed by atoms with van der Waals surface area (Å²) in [5, 5.41) is 36.5. The normalized spacial score (nSPS) is 16.8. The summed E-state index contributed by atoms with van der Waals surface area (Å²) in [5.41, 5.74) is 2.71. The maximum atomic E-state index is 14.1. The smallest absolute Gasteiger partial charge is 0.352 e. The standard InChI is InChI=1S/C35H33ClN10O8/c36-22-3-8-28(46-19-37-41-42-46)29(16-22)44-9-10-45(33(50)32(44)49)30(31(48)38-24-6-7-26-21(14-24)15-27(40-26)34(51)52)13-20-1-4-23(5-2-20)39-35(53)43-11-12-54-25(17-43)18-47/h1-8,14-16,19,25,30,40,47H,9-13,17-18H2,(H,38,48)(H,39,53)(H,51,52)/t25-,30-/m0/s1. The second-order valence-corrected chi connectivity index (χ2v) is 13.0. The number of halogens is 1. The van der Waals surface area contributed by atoms with Crippen LogP contribution in [0.5, 0.6) is 0 Å². The Labute approximate surface area is 311 Å². The molecule has 19 heteroatoms. The van der Waals surface area contributed by atoms with Crippen molar-refractivity contribution in [1.29, 1.82) is 0 Å². The van der Waals surface area contributed by atoms with E-state index in [2.05, 4.69) is 31.1 Å². The highest BCUT2D eigenvalue weighted by Crippen LogP contribution is 2.30. The summed E-state index contributed by atoms with van der Waals surface area (Å²) in [7, 11) is 0. The molecule has 278 valence electrons. The van der Waals surface area contributed by atoms with E-state index in [1.807, 2.05) is 0 Å². The number of aromatic nitrogens is 5. The lowest BCUT2D eigenvalue weighted by molar-refractivity contribution is -0.149. The van der Waals surface area contributed by atoms with E-state index in [0.29, 0.717) is 57.4 Å². The number of aromatic amines is 1. The van der Waals surface area contributed by atoms with Gasteiger partial charge in [-0.15, -0.1) is 5.10 Å². The predicted molar refractivity (Wildman–Crippen MR) is 193 cm³/mol. The zero-order chi connectivity index (χ0) is 37.9. The highest BCUT2D eigenvalue weighted by atomic mass is 35.5. The number of carboxylic acid groups (broad SMARTS) is 1. The molecule has 0 aliphatic carbocycles. The molecule has 0 radical (unpaired) electrons. The number of rotatable bonds is 10. The van der Waals surface area contributed by atoms with Gasteiger partial charge in [-0.05, 0) is 70.6 Å². The Morgan fingerprint density at radius 3 is 2.48 bits per heavy atom. The predicted octanol–water partition coefficient (Wildman–Crippen LogP) is 2.15. The van der Waals surface area contributed by atoms with Crippen LogP contribution in [0.2, 0.25) is 5.02 Å². The van der Waals surface area contributed by atoms with Gasteiger partial charge >= 0.3 is 23.8 Å². The lowest BCUT2D eigenvalue weighted by Crippen LogP contribution is -2.60. The minimum atomic E-state index is -1.16. The van der Waals surface area contributed by atoms with E-state index in [1.54, 1.807) is 59.5 Å². The Morgan fingerprint density at radius 1 is 0.944 bits per heavy atom. The molecule has 0 bridgehead atoms. The number of piperazine rings is 1. The quantitative estimate of drug-likeness (QED) is 0.130. The third-order valence-electron chi connectivity index (χ3n) is 9.14. The zero-order valence-corrected chi connectivity index (χ0v) is 29.1. The molecule has 2 aliphatic heterocycles. The van der Waals surface area contributed by atoms with Crippen molar-refractivity contribution in [1.82, 2.24) is 35.0 Å². The zero-order valence-electron chi connectivity index (χ0n) is 28.4. The second kappa shape index (κ2) is 15.3. The molecule has 0 unspecified atom stereocenters. The van der Waals surface area contributed by atoms with E-state index in [0.717, 1.165) is 0 Å². The van der Waals surface area contributed by atoms with Crippen LogP contribution >= 0.6 is 11.6 Å². The Hall–Kier alpha value is -6.37. The molecule has 7 rings (SSSR count). The number of hydrogen-bond acceptors (Lipinski definition) is 10. The SMILES string of the molecule is O=C(O)c1cc2cc(NC(=O)[C@H](Cc3ccc(NC(=O)N4CCO[C@H](CO)C4)cc3)N3CCN(c4cc(Cl)ccc4-n4cnnn4)C(=O)C3=O)ccc2[nH]1. The molecular formula is C35H33ClN10O8. The van der Waals surface area contributed by atoms with Crippen molar-refractivity contribution in [2.45, 2.75) is 18.6 Å². The summed E-state index contributed by atoms with van der Waals surface area (Å²) in [5.74, 6) is -3.54. The fourth-order valence-electron chi connectivity index (χ4n) is 6.41. The number of fused-ring (bicyclic) bond motifs is 1.